The molecule has 0 amide bonds. The summed E-state index contributed by atoms with van der Waals surface area (Å²) < 4.78 is 0. The van der Waals surface area contributed by atoms with Gasteiger partial charge in [0.25, 0.3) is 0 Å². The second-order valence-corrected chi connectivity index (χ2v) is 1.57. The van der Waals surface area contributed by atoms with Gasteiger partial charge < -0.3 is 25.9 Å². The van der Waals surface area contributed by atoms with E-state index in [9.17, 15) is 9.59 Å². The molecule has 0 radical (unpaired) electrons. The van der Waals surface area contributed by atoms with E-state index in [-0.39, 0.29) is 22.5 Å². The Kier molecular flexibility index (Phi) is 10.2. The van der Waals surface area contributed by atoms with Gasteiger partial charge in [-0.05, 0) is 0 Å². The quantitative estimate of drug-likeness (QED) is 0.377. The van der Waals surface area contributed by atoms with Gasteiger partial charge in [-0.3, -0.25) is 0 Å². The standard InChI is InChI=1S/C4H6O6.Fe.H2O/c5-1(3(7)8)2(6)4(9)10;;/h1-2,5-6H,(H,7,8)(H,9,10);;1H2. The molecule has 0 fully saturated rings. The van der Waals surface area contributed by atoms with Gasteiger partial charge in [-0.15, -0.1) is 0 Å². The van der Waals surface area contributed by atoms with Crippen LogP contribution in [0, 0.1) is 0 Å². The zero-order valence-corrected chi connectivity index (χ0v) is 6.72. The predicted molar refractivity (Wildman–Crippen MR) is 30.9 cm³/mol. The molecule has 0 aromatic heterocycles. The summed E-state index contributed by atoms with van der Waals surface area (Å²) in [4.78, 5) is 19.5. The first-order chi connectivity index (χ1) is 4.46. The van der Waals surface area contributed by atoms with Gasteiger partial charge in [-0.2, -0.15) is 0 Å². The Morgan fingerprint density at radius 3 is 1.17 bits per heavy atom. The summed E-state index contributed by atoms with van der Waals surface area (Å²) in [6.45, 7) is 0. The first-order valence-electron chi connectivity index (χ1n) is 2.28. The first kappa shape index (κ1) is 17.4. The van der Waals surface area contributed by atoms with E-state index in [4.69, 9.17) is 20.4 Å². The van der Waals surface area contributed by atoms with Gasteiger partial charge in [0.1, 0.15) is 0 Å². The van der Waals surface area contributed by atoms with Crippen LogP contribution in [0.5, 0.6) is 0 Å². The average Bonchev–Trinajstić information content (AvgIpc) is 1.84. The Morgan fingerprint density at radius 1 is 0.917 bits per heavy atom. The SMILES string of the molecule is O.O=C(O)C(O)C(O)C(=O)O.[Fe]. The number of aliphatic hydroxyl groups excluding tert-OH is 2. The van der Waals surface area contributed by atoms with Crippen LogP contribution in [-0.4, -0.2) is 50.0 Å². The maximum Gasteiger partial charge on any atom is 0.335 e. The van der Waals surface area contributed by atoms with E-state index in [0.717, 1.165) is 0 Å². The van der Waals surface area contributed by atoms with E-state index in [1.54, 1.807) is 0 Å². The van der Waals surface area contributed by atoms with E-state index in [1.807, 2.05) is 0 Å². The predicted octanol–water partition coefficient (Wildman–Crippen LogP) is -2.95. The summed E-state index contributed by atoms with van der Waals surface area (Å²) in [5.74, 6) is -3.54. The minimum atomic E-state index is -2.27. The van der Waals surface area contributed by atoms with Gasteiger partial charge in [0.15, 0.2) is 12.2 Å². The van der Waals surface area contributed by atoms with E-state index >= 15 is 0 Å². The number of hydrogen-bond acceptors (Lipinski definition) is 4. The van der Waals surface area contributed by atoms with Crippen molar-refractivity contribution in [3.63, 3.8) is 0 Å². The van der Waals surface area contributed by atoms with Crippen molar-refractivity contribution in [1.82, 2.24) is 0 Å². The van der Waals surface area contributed by atoms with Crippen molar-refractivity contribution in [1.29, 1.82) is 0 Å². The molecule has 0 aliphatic rings. The van der Waals surface area contributed by atoms with Gasteiger partial charge >= 0.3 is 11.9 Å². The van der Waals surface area contributed by atoms with E-state index < -0.39 is 24.1 Å². The summed E-state index contributed by atoms with van der Waals surface area (Å²) in [7, 11) is 0. The van der Waals surface area contributed by atoms with Crippen LogP contribution in [0.15, 0.2) is 0 Å². The molecule has 0 spiro atoms. The molecule has 74 valence electrons. The molecular weight excluding hydrogens is 216 g/mol. The van der Waals surface area contributed by atoms with Gasteiger partial charge in [-0.25, -0.2) is 9.59 Å². The molecule has 2 atom stereocenters. The van der Waals surface area contributed by atoms with Gasteiger partial charge in [0.2, 0.25) is 0 Å². The third-order valence-electron chi connectivity index (χ3n) is 0.805. The van der Waals surface area contributed by atoms with Crippen LogP contribution in [0.2, 0.25) is 0 Å². The monoisotopic (exact) mass is 224 g/mol. The van der Waals surface area contributed by atoms with E-state index in [0.29, 0.717) is 0 Å². The van der Waals surface area contributed by atoms with Gasteiger partial charge in [0.05, 0.1) is 0 Å². The largest absolute Gasteiger partial charge is 0.479 e. The first-order valence-corrected chi connectivity index (χ1v) is 2.28. The Balaban J connectivity index is -0.000000405. The van der Waals surface area contributed by atoms with Crippen molar-refractivity contribution in [2.45, 2.75) is 12.2 Å². The van der Waals surface area contributed by atoms with Crippen LogP contribution in [0.4, 0.5) is 0 Å². The average molecular weight is 224 g/mol. The molecule has 0 saturated carbocycles. The maximum atomic E-state index is 9.77. The van der Waals surface area contributed by atoms with Crippen molar-refractivity contribution in [2.75, 3.05) is 0 Å². The Bertz CT molecular complexity index is 139. The number of aliphatic hydroxyl groups is 2. The molecule has 0 aromatic carbocycles. The zero-order chi connectivity index (χ0) is 8.31. The van der Waals surface area contributed by atoms with Crippen LogP contribution in [0.1, 0.15) is 0 Å². The number of aliphatic carboxylic acids is 2. The van der Waals surface area contributed by atoms with Crippen molar-refractivity contribution < 1.29 is 52.6 Å². The Morgan fingerprint density at radius 2 is 1.08 bits per heavy atom. The van der Waals surface area contributed by atoms with Crippen LogP contribution in [-0.2, 0) is 26.7 Å². The van der Waals surface area contributed by atoms with E-state index in [2.05, 4.69) is 0 Å². The number of carboxylic acid groups (broad SMARTS) is 2. The van der Waals surface area contributed by atoms with Crippen molar-refractivity contribution in [3.05, 3.63) is 0 Å². The number of hydrogen-bond donors (Lipinski definition) is 4. The molecule has 0 aromatic rings. The van der Waals surface area contributed by atoms with Crippen LogP contribution < -0.4 is 0 Å². The molecule has 2 unspecified atom stereocenters. The molecule has 0 heterocycles. The fraction of sp³-hybridized carbons (Fsp3) is 0.500. The van der Waals surface area contributed by atoms with Crippen molar-refractivity contribution in [3.8, 4) is 0 Å². The van der Waals surface area contributed by atoms with Crippen LogP contribution >= 0.6 is 0 Å². The van der Waals surface area contributed by atoms with Crippen LogP contribution in [0.3, 0.4) is 0 Å². The summed E-state index contributed by atoms with van der Waals surface area (Å²) in [5.41, 5.74) is 0. The third kappa shape index (κ3) is 5.05. The van der Waals surface area contributed by atoms with Gasteiger partial charge in [0, 0.05) is 17.1 Å². The molecule has 6 N–H and O–H groups in total. The summed E-state index contributed by atoms with van der Waals surface area (Å²) in [5, 5.41) is 32.5. The molecule has 7 nitrogen and oxygen atoms in total. The Hall–Kier alpha value is -0.661. The number of carboxylic acids is 2. The minimum Gasteiger partial charge on any atom is -0.479 e. The molecular formula is C4H8FeO7. The topological polar surface area (TPSA) is 147 Å². The van der Waals surface area contributed by atoms with Crippen LogP contribution in [0.25, 0.3) is 0 Å². The summed E-state index contributed by atoms with van der Waals surface area (Å²) in [6, 6.07) is 0. The van der Waals surface area contributed by atoms with Crippen molar-refractivity contribution >= 4 is 11.9 Å². The summed E-state index contributed by atoms with van der Waals surface area (Å²) >= 11 is 0. The van der Waals surface area contributed by atoms with E-state index in [1.165, 1.54) is 0 Å². The molecule has 0 saturated heterocycles. The fourth-order valence-electron chi connectivity index (χ4n) is 0.270. The Labute approximate surface area is 77.4 Å². The second kappa shape index (κ2) is 7.01. The molecule has 0 aliphatic carbocycles. The van der Waals surface area contributed by atoms with Crippen molar-refractivity contribution in [2.24, 2.45) is 0 Å². The normalized spacial score (nSPS) is 13.2. The maximum absolute atomic E-state index is 9.77. The number of rotatable bonds is 3. The summed E-state index contributed by atoms with van der Waals surface area (Å²) in [6.07, 6.45) is -4.53. The molecule has 8 heteroatoms. The second-order valence-electron chi connectivity index (χ2n) is 1.57. The molecule has 0 rings (SSSR count). The zero-order valence-electron chi connectivity index (χ0n) is 5.61. The number of carbonyl (C=O) groups is 2. The smallest absolute Gasteiger partial charge is 0.335 e. The third-order valence-corrected chi connectivity index (χ3v) is 0.805. The molecule has 0 aliphatic heterocycles. The molecule has 12 heavy (non-hydrogen) atoms. The fourth-order valence-corrected chi connectivity index (χ4v) is 0.270. The van der Waals surface area contributed by atoms with Gasteiger partial charge in [-0.1, -0.05) is 0 Å². The molecule has 0 bridgehead atoms. The minimum absolute atomic E-state index is 0.